The molecular weight excluding hydrogens is 280 g/mol. The maximum atomic E-state index is 12.1. The zero-order chi connectivity index (χ0) is 14.6. The SMILES string of the molecule is CNCCCn1cc(S(=O)(=O)Nc2cnn(C)c2)cn1. The quantitative estimate of drug-likeness (QED) is 0.703. The lowest BCUT2D eigenvalue weighted by molar-refractivity contribution is 0.561. The summed E-state index contributed by atoms with van der Waals surface area (Å²) in [7, 11) is -0.0204. The first-order valence-corrected chi connectivity index (χ1v) is 7.68. The third kappa shape index (κ3) is 3.58. The Kier molecular flexibility index (Phi) is 4.40. The van der Waals surface area contributed by atoms with E-state index in [1.807, 2.05) is 7.05 Å². The van der Waals surface area contributed by atoms with Gasteiger partial charge in [0, 0.05) is 26.0 Å². The Morgan fingerprint density at radius 1 is 1.25 bits per heavy atom. The molecule has 110 valence electrons. The van der Waals surface area contributed by atoms with Crippen molar-refractivity contribution in [2.24, 2.45) is 7.05 Å². The minimum atomic E-state index is -3.61. The minimum Gasteiger partial charge on any atom is -0.320 e. The maximum absolute atomic E-state index is 12.1. The van der Waals surface area contributed by atoms with Crippen molar-refractivity contribution in [2.75, 3.05) is 18.3 Å². The van der Waals surface area contributed by atoms with E-state index >= 15 is 0 Å². The predicted molar refractivity (Wildman–Crippen MR) is 74.8 cm³/mol. The maximum Gasteiger partial charge on any atom is 0.265 e. The average Bonchev–Trinajstić information content (AvgIpc) is 2.99. The number of hydrogen-bond acceptors (Lipinski definition) is 5. The zero-order valence-electron chi connectivity index (χ0n) is 11.4. The van der Waals surface area contributed by atoms with E-state index < -0.39 is 10.0 Å². The molecule has 8 nitrogen and oxygen atoms in total. The Bertz CT molecular complexity index is 660. The number of aromatic nitrogens is 4. The average molecular weight is 298 g/mol. The van der Waals surface area contributed by atoms with Gasteiger partial charge in [-0.15, -0.1) is 0 Å². The van der Waals surface area contributed by atoms with Gasteiger partial charge in [-0.3, -0.25) is 14.1 Å². The third-order valence-corrected chi connectivity index (χ3v) is 4.03. The largest absolute Gasteiger partial charge is 0.320 e. The van der Waals surface area contributed by atoms with Crippen LogP contribution in [0.15, 0.2) is 29.7 Å². The Morgan fingerprint density at radius 2 is 2.05 bits per heavy atom. The highest BCUT2D eigenvalue weighted by atomic mass is 32.2. The van der Waals surface area contributed by atoms with Gasteiger partial charge in [0.15, 0.2) is 0 Å². The second-order valence-electron chi connectivity index (χ2n) is 4.40. The van der Waals surface area contributed by atoms with Gasteiger partial charge in [0.05, 0.1) is 18.1 Å². The van der Waals surface area contributed by atoms with Crippen LogP contribution in [-0.4, -0.2) is 41.6 Å². The summed E-state index contributed by atoms with van der Waals surface area (Å²) in [6.45, 7) is 1.53. The summed E-state index contributed by atoms with van der Waals surface area (Å²) < 4.78 is 29.9. The van der Waals surface area contributed by atoms with Crippen LogP contribution in [0.25, 0.3) is 0 Å². The first kappa shape index (κ1) is 14.5. The second kappa shape index (κ2) is 6.06. The van der Waals surface area contributed by atoms with Crippen molar-refractivity contribution in [3.8, 4) is 0 Å². The molecule has 0 spiro atoms. The van der Waals surface area contributed by atoms with Gasteiger partial charge in [0.25, 0.3) is 10.0 Å². The van der Waals surface area contributed by atoms with Crippen LogP contribution < -0.4 is 10.0 Å². The van der Waals surface area contributed by atoms with Gasteiger partial charge >= 0.3 is 0 Å². The fraction of sp³-hybridized carbons (Fsp3) is 0.455. The Morgan fingerprint density at radius 3 is 2.70 bits per heavy atom. The van der Waals surface area contributed by atoms with Crippen LogP contribution in [-0.2, 0) is 23.6 Å². The molecule has 9 heteroatoms. The van der Waals surface area contributed by atoms with E-state index in [1.54, 1.807) is 17.9 Å². The summed E-state index contributed by atoms with van der Waals surface area (Å²) >= 11 is 0. The smallest absolute Gasteiger partial charge is 0.265 e. The first-order chi connectivity index (χ1) is 9.51. The van der Waals surface area contributed by atoms with Crippen LogP contribution in [0.2, 0.25) is 0 Å². The molecule has 2 N–H and O–H groups in total. The zero-order valence-corrected chi connectivity index (χ0v) is 12.3. The molecule has 0 amide bonds. The lowest BCUT2D eigenvalue weighted by Crippen LogP contribution is -2.12. The summed E-state index contributed by atoms with van der Waals surface area (Å²) in [5.74, 6) is 0. The van der Waals surface area contributed by atoms with Crippen LogP contribution in [0.1, 0.15) is 6.42 Å². The van der Waals surface area contributed by atoms with Crippen molar-refractivity contribution < 1.29 is 8.42 Å². The van der Waals surface area contributed by atoms with Crippen molar-refractivity contribution in [3.63, 3.8) is 0 Å². The highest BCUT2D eigenvalue weighted by Gasteiger charge is 2.17. The molecule has 0 aliphatic rings. The van der Waals surface area contributed by atoms with Gasteiger partial charge in [-0.05, 0) is 20.0 Å². The number of nitrogens with zero attached hydrogens (tertiary/aromatic N) is 4. The van der Waals surface area contributed by atoms with Crippen LogP contribution in [0, 0.1) is 0 Å². The second-order valence-corrected chi connectivity index (χ2v) is 6.09. The van der Waals surface area contributed by atoms with Gasteiger partial charge in [0.2, 0.25) is 0 Å². The van der Waals surface area contributed by atoms with E-state index in [4.69, 9.17) is 0 Å². The molecule has 2 rings (SSSR count). The lowest BCUT2D eigenvalue weighted by Gasteiger charge is -2.03. The molecule has 0 radical (unpaired) electrons. The van der Waals surface area contributed by atoms with Crippen LogP contribution in [0.4, 0.5) is 5.69 Å². The molecule has 0 aliphatic heterocycles. The highest BCUT2D eigenvalue weighted by molar-refractivity contribution is 7.92. The fourth-order valence-electron chi connectivity index (χ4n) is 1.71. The molecule has 2 aromatic rings. The van der Waals surface area contributed by atoms with Crippen LogP contribution >= 0.6 is 0 Å². The summed E-state index contributed by atoms with van der Waals surface area (Å²) in [4.78, 5) is 0.144. The number of sulfonamides is 1. The summed E-state index contributed by atoms with van der Waals surface area (Å²) in [5, 5.41) is 11.0. The van der Waals surface area contributed by atoms with Crippen molar-refractivity contribution in [2.45, 2.75) is 17.9 Å². The van der Waals surface area contributed by atoms with Gasteiger partial charge in [-0.25, -0.2) is 8.42 Å². The van der Waals surface area contributed by atoms with Gasteiger partial charge in [0.1, 0.15) is 4.90 Å². The lowest BCUT2D eigenvalue weighted by atomic mass is 10.4. The van der Waals surface area contributed by atoms with E-state index in [-0.39, 0.29) is 4.90 Å². The number of nitrogens with one attached hydrogen (secondary N) is 2. The highest BCUT2D eigenvalue weighted by Crippen LogP contribution is 2.14. The Balaban J connectivity index is 2.06. The summed E-state index contributed by atoms with van der Waals surface area (Å²) in [6, 6.07) is 0. The van der Waals surface area contributed by atoms with E-state index in [2.05, 4.69) is 20.2 Å². The molecule has 0 fully saturated rings. The molecule has 0 aliphatic carbocycles. The van der Waals surface area contributed by atoms with E-state index in [1.165, 1.54) is 23.3 Å². The molecule has 0 bridgehead atoms. The molecule has 2 aromatic heterocycles. The normalized spacial score (nSPS) is 11.7. The van der Waals surface area contributed by atoms with Crippen molar-refractivity contribution in [1.29, 1.82) is 0 Å². The molecule has 0 saturated heterocycles. The fourth-order valence-corrected chi connectivity index (χ4v) is 2.69. The number of anilines is 1. The summed E-state index contributed by atoms with van der Waals surface area (Å²) in [5.41, 5.74) is 0.426. The number of rotatable bonds is 7. The van der Waals surface area contributed by atoms with Crippen molar-refractivity contribution in [3.05, 3.63) is 24.8 Å². The van der Waals surface area contributed by atoms with Crippen molar-refractivity contribution in [1.82, 2.24) is 24.9 Å². The van der Waals surface area contributed by atoms with Crippen LogP contribution in [0.3, 0.4) is 0 Å². The van der Waals surface area contributed by atoms with E-state index in [0.717, 1.165) is 13.0 Å². The Hall–Kier alpha value is -1.87. The van der Waals surface area contributed by atoms with Gasteiger partial charge in [-0.1, -0.05) is 0 Å². The molecule has 0 aromatic carbocycles. The summed E-state index contributed by atoms with van der Waals surface area (Å²) in [6.07, 6.45) is 6.80. The molecule has 2 heterocycles. The van der Waals surface area contributed by atoms with Crippen molar-refractivity contribution >= 4 is 15.7 Å². The molecular formula is C11H18N6O2S. The Labute approximate surface area is 117 Å². The predicted octanol–water partition coefficient (Wildman–Crippen LogP) is 0.0269. The minimum absolute atomic E-state index is 0.144. The van der Waals surface area contributed by atoms with Gasteiger partial charge < -0.3 is 5.32 Å². The number of hydrogen-bond donors (Lipinski definition) is 2. The monoisotopic (exact) mass is 298 g/mol. The van der Waals surface area contributed by atoms with E-state index in [0.29, 0.717) is 12.2 Å². The topological polar surface area (TPSA) is 93.8 Å². The van der Waals surface area contributed by atoms with Gasteiger partial charge in [-0.2, -0.15) is 10.2 Å². The first-order valence-electron chi connectivity index (χ1n) is 6.20. The molecule has 20 heavy (non-hydrogen) atoms. The molecule has 0 unspecified atom stereocenters. The standard InChI is InChI=1S/C11H18N6O2S/c1-12-4-3-5-17-9-11(7-14-17)20(18,19)15-10-6-13-16(2)8-10/h6-9,12,15H,3-5H2,1-2H3. The molecule has 0 saturated carbocycles. The number of aryl methyl sites for hydroxylation is 2. The van der Waals surface area contributed by atoms with E-state index in [9.17, 15) is 8.42 Å². The van der Waals surface area contributed by atoms with Crippen LogP contribution in [0.5, 0.6) is 0 Å². The molecule has 0 atom stereocenters. The third-order valence-electron chi connectivity index (χ3n) is 2.69.